The molecule has 0 aromatic heterocycles. The van der Waals surface area contributed by atoms with Crippen LogP contribution in [-0.4, -0.2) is 29.1 Å². The number of carboxylic acids is 1. The van der Waals surface area contributed by atoms with Crippen molar-refractivity contribution in [3.05, 3.63) is 35.4 Å². The molecule has 0 unspecified atom stereocenters. The molecule has 0 radical (unpaired) electrons. The first-order chi connectivity index (χ1) is 8.56. The Kier molecular flexibility index (Phi) is 3.91. The molecule has 1 fully saturated rings. The lowest BCUT2D eigenvalue weighted by atomic mass is 10.2. The molecule has 1 aromatic rings. The first-order valence-electron chi connectivity index (χ1n) is 5.93. The average molecular weight is 255 g/mol. The van der Waals surface area contributed by atoms with Crippen LogP contribution in [0.2, 0.25) is 0 Å². The number of halogens is 2. The van der Waals surface area contributed by atoms with Gasteiger partial charge in [-0.3, -0.25) is 9.69 Å². The molecular formula is C13H15F2NO2. The predicted molar refractivity (Wildman–Crippen MR) is 62.0 cm³/mol. The van der Waals surface area contributed by atoms with Crippen molar-refractivity contribution in [1.29, 1.82) is 0 Å². The Morgan fingerprint density at radius 2 is 2.11 bits per heavy atom. The van der Waals surface area contributed by atoms with Crippen molar-refractivity contribution in [2.24, 2.45) is 5.92 Å². The van der Waals surface area contributed by atoms with Crippen LogP contribution in [0, 0.1) is 17.6 Å². The van der Waals surface area contributed by atoms with Gasteiger partial charge < -0.3 is 5.11 Å². The van der Waals surface area contributed by atoms with Crippen molar-refractivity contribution >= 4 is 5.97 Å². The fourth-order valence-electron chi connectivity index (χ4n) is 1.95. The van der Waals surface area contributed by atoms with Gasteiger partial charge in [0, 0.05) is 18.7 Å². The molecule has 1 aromatic carbocycles. The van der Waals surface area contributed by atoms with E-state index in [9.17, 15) is 13.6 Å². The topological polar surface area (TPSA) is 40.5 Å². The minimum Gasteiger partial charge on any atom is -0.480 e. The Morgan fingerprint density at radius 1 is 1.39 bits per heavy atom. The molecule has 0 spiro atoms. The average Bonchev–Trinajstić information content (AvgIpc) is 3.07. The van der Waals surface area contributed by atoms with E-state index in [0.29, 0.717) is 12.5 Å². The van der Waals surface area contributed by atoms with Gasteiger partial charge in [0.2, 0.25) is 0 Å². The van der Waals surface area contributed by atoms with Crippen LogP contribution in [0.25, 0.3) is 0 Å². The van der Waals surface area contributed by atoms with Gasteiger partial charge >= 0.3 is 5.97 Å². The normalized spacial score (nSPS) is 15.1. The minimum absolute atomic E-state index is 0.131. The third-order valence-corrected chi connectivity index (χ3v) is 3.00. The zero-order chi connectivity index (χ0) is 13.1. The minimum atomic E-state index is -0.951. The van der Waals surface area contributed by atoms with Crippen molar-refractivity contribution in [3.63, 3.8) is 0 Å². The number of hydrogen-bond donors (Lipinski definition) is 1. The molecule has 1 aliphatic carbocycles. The molecule has 1 saturated carbocycles. The summed E-state index contributed by atoms with van der Waals surface area (Å²) in [5, 5.41) is 8.81. The van der Waals surface area contributed by atoms with E-state index < -0.39 is 17.6 Å². The Hall–Kier alpha value is -1.49. The Morgan fingerprint density at radius 3 is 2.72 bits per heavy atom. The molecule has 3 nitrogen and oxygen atoms in total. The fraction of sp³-hybridized carbons (Fsp3) is 0.462. The highest BCUT2D eigenvalue weighted by Gasteiger charge is 2.25. The van der Waals surface area contributed by atoms with Crippen LogP contribution in [0.4, 0.5) is 8.78 Å². The maximum absolute atomic E-state index is 13.5. The van der Waals surface area contributed by atoms with Gasteiger partial charge in [-0.1, -0.05) is 12.1 Å². The van der Waals surface area contributed by atoms with Gasteiger partial charge in [0.05, 0.1) is 6.54 Å². The van der Waals surface area contributed by atoms with Crippen molar-refractivity contribution in [2.75, 3.05) is 13.1 Å². The third kappa shape index (κ3) is 3.50. The van der Waals surface area contributed by atoms with E-state index in [4.69, 9.17) is 5.11 Å². The van der Waals surface area contributed by atoms with Gasteiger partial charge in [-0.2, -0.15) is 0 Å². The zero-order valence-electron chi connectivity index (χ0n) is 9.90. The quantitative estimate of drug-likeness (QED) is 0.847. The molecule has 5 heteroatoms. The highest BCUT2D eigenvalue weighted by molar-refractivity contribution is 5.69. The lowest BCUT2D eigenvalue weighted by Crippen LogP contribution is -2.31. The lowest BCUT2D eigenvalue weighted by Gasteiger charge is -2.20. The van der Waals surface area contributed by atoms with Crippen LogP contribution in [0.15, 0.2) is 18.2 Å². The molecule has 0 amide bonds. The van der Waals surface area contributed by atoms with E-state index in [1.807, 2.05) is 0 Å². The smallest absolute Gasteiger partial charge is 0.317 e. The number of hydrogen-bond acceptors (Lipinski definition) is 2. The van der Waals surface area contributed by atoms with E-state index in [-0.39, 0.29) is 18.7 Å². The number of nitrogens with zero attached hydrogens (tertiary/aromatic N) is 1. The van der Waals surface area contributed by atoms with Crippen LogP contribution < -0.4 is 0 Å². The number of rotatable bonds is 6. The molecule has 0 saturated heterocycles. The zero-order valence-corrected chi connectivity index (χ0v) is 9.90. The van der Waals surface area contributed by atoms with E-state index >= 15 is 0 Å². The van der Waals surface area contributed by atoms with Crippen molar-refractivity contribution in [1.82, 2.24) is 4.90 Å². The molecule has 0 aliphatic heterocycles. The molecule has 18 heavy (non-hydrogen) atoms. The first kappa shape index (κ1) is 13.0. The van der Waals surface area contributed by atoms with Gasteiger partial charge in [0.1, 0.15) is 0 Å². The Bertz CT molecular complexity index is 447. The summed E-state index contributed by atoms with van der Waals surface area (Å²) in [6, 6.07) is 3.98. The second kappa shape index (κ2) is 5.44. The van der Waals surface area contributed by atoms with Crippen molar-refractivity contribution in [2.45, 2.75) is 19.4 Å². The SMILES string of the molecule is O=C(O)CN(Cc1cccc(F)c1F)CC1CC1. The highest BCUT2D eigenvalue weighted by atomic mass is 19.2. The second-order valence-corrected chi connectivity index (χ2v) is 4.72. The van der Waals surface area contributed by atoms with Gasteiger partial charge in [0.25, 0.3) is 0 Å². The molecule has 1 aliphatic rings. The van der Waals surface area contributed by atoms with E-state index in [2.05, 4.69) is 0 Å². The van der Waals surface area contributed by atoms with Gasteiger partial charge in [-0.25, -0.2) is 8.78 Å². The predicted octanol–water partition coefficient (Wildman–Crippen LogP) is 2.26. The summed E-state index contributed by atoms with van der Waals surface area (Å²) in [5.74, 6) is -2.23. The second-order valence-electron chi connectivity index (χ2n) is 4.72. The first-order valence-corrected chi connectivity index (χ1v) is 5.93. The standard InChI is InChI=1S/C13H15F2NO2/c14-11-3-1-2-10(13(11)15)7-16(8-12(17)18)6-9-4-5-9/h1-3,9H,4-8H2,(H,17,18). The number of benzene rings is 1. The molecule has 0 bridgehead atoms. The van der Waals surface area contributed by atoms with E-state index in [1.165, 1.54) is 12.1 Å². The number of aliphatic carboxylic acids is 1. The summed E-state index contributed by atoms with van der Waals surface area (Å²) in [6.07, 6.45) is 2.17. The molecular weight excluding hydrogens is 240 g/mol. The summed E-state index contributed by atoms with van der Waals surface area (Å²) in [7, 11) is 0. The van der Waals surface area contributed by atoms with Gasteiger partial charge in [0.15, 0.2) is 11.6 Å². The molecule has 2 rings (SSSR count). The summed E-state index contributed by atoms with van der Waals surface area (Å²) in [6.45, 7) is 0.612. The summed E-state index contributed by atoms with van der Waals surface area (Å²) >= 11 is 0. The van der Waals surface area contributed by atoms with Gasteiger partial charge in [-0.05, 0) is 24.8 Å². The summed E-state index contributed by atoms with van der Waals surface area (Å²) < 4.78 is 26.6. The fourth-order valence-corrected chi connectivity index (χ4v) is 1.95. The van der Waals surface area contributed by atoms with E-state index in [1.54, 1.807) is 4.90 Å². The molecule has 1 N–H and O–H groups in total. The van der Waals surface area contributed by atoms with Crippen LogP contribution in [-0.2, 0) is 11.3 Å². The van der Waals surface area contributed by atoms with Crippen LogP contribution >= 0.6 is 0 Å². The maximum Gasteiger partial charge on any atom is 0.317 e. The molecule has 0 atom stereocenters. The maximum atomic E-state index is 13.5. The summed E-state index contributed by atoms with van der Waals surface area (Å²) in [5.41, 5.74) is 0.205. The highest BCUT2D eigenvalue weighted by Crippen LogP contribution is 2.30. The number of carbonyl (C=O) groups is 1. The largest absolute Gasteiger partial charge is 0.480 e. The van der Waals surface area contributed by atoms with Gasteiger partial charge in [-0.15, -0.1) is 0 Å². The van der Waals surface area contributed by atoms with E-state index in [0.717, 1.165) is 18.9 Å². The van der Waals surface area contributed by atoms with Crippen molar-refractivity contribution in [3.8, 4) is 0 Å². The summed E-state index contributed by atoms with van der Waals surface area (Å²) in [4.78, 5) is 12.4. The van der Waals surface area contributed by atoms with Crippen molar-refractivity contribution < 1.29 is 18.7 Å². The van der Waals surface area contributed by atoms with Crippen LogP contribution in [0.5, 0.6) is 0 Å². The third-order valence-electron chi connectivity index (χ3n) is 3.00. The Balaban J connectivity index is 2.06. The lowest BCUT2D eigenvalue weighted by molar-refractivity contribution is -0.138. The molecule has 98 valence electrons. The number of carboxylic acid groups (broad SMARTS) is 1. The monoisotopic (exact) mass is 255 g/mol. The molecule has 0 heterocycles. The van der Waals surface area contributed by atoms with Crippen LogP contribution in [0.1, 0.15) is 18.4 Å². The van der Waals surface area contributed by atoms with Crippen LogP contribution in [0.3, 0.4) is 0 Å². The Labute approximate surface area is 104 Å².